The van der Waals surface area contributed by atoms with Crippen molar-refractivity contribution >= 4 is 15.9 Å². The van der Waals surface area contributed by atoms with Crippen molar-refractivity contribution in [3.63, 3.8) is 0 Å². The van der Waals surface area contributed by atoms with Gasteiger partial charge in [0.25, 0.3) is 0 Å². The molecule has 21 heavy (non-hydrogen) atoms. The highest BCUT2D eigenvalue weighted by molar-refractivity contribution is 7.89. The molecule has 1 unspecified atom stereocenters. The lowest BCUT2D eigenvalue weighted by atomic mass is 10.2. The Bertz CT molecular complexity index is 585. The van der Waals surface area contributed by atoms with E-state index in [-0.39, 0.29) is 29.7 Å². The molecule has 0 radical (unpaired) electrons. The molecule has 0 spiro atoms. The van der Waals surface area contributed by atoms with Crippen LogP contribution in [-0.4, -0.2) is 45.3 Å². The number of aromatic nitrogens is 1. The fourth-order valence-electron chi connectivity index (χ4n) is 2.20. The van der Waals surface area contributed by atoms with Crippen molar-refractivity contribution in [2.24, 2.45) is 0 Å². The Labute approximate surface area is 123 Å². The van der Waals surface area contributed by atoms with Crippen LogP contribution in [-0.2, 0) is 19.6 Å². The molecule has 1 saturated heterocycles. The predicted octanol–water partition coefficient (Wildman–Crippen LogP) is -0.135. The fourth-order valence-corrected chi connectivity index (χ4v) is 3.56. The minimum atomic E-state index is -3.68. The number of nitrogens with one attached hydrogen (secondary N) is 2. The van der Waals surface area contributed by atoms with Gasteiger partial charge in [0.05, 0.1) is 0 Å². The Balaban J connectivity index is 1.81. The molecule has 118 valence electrons. The van der Waals surface area contributed by atoms with Crippen molar-refractivity contribution in [3.05, 3.63) is 11.5 Å². The number of carbonyl (C=O) groups excluding carboxylic acids is 1. The van der Waals surface area contributed by atoms with Gasteiger partial charge in [0.15, 0.2) is 5.76 Å². The monoisotopic (exact) mass is 317 g/mol. The number of ether oxygens (including phenoxy) is 1. The number of rotatable bonds is 6. The molecule has 2 rings (SSSR count). The van der Waals surface area contributed by atoms with Crippen molar-refractivity contribution < 1.29 is 22.5 Å². The first-order chi connectivity index (χ1) is 9.92. The van der Waals surface area contributed by atoms with Gasteiger partial charge in [-0.15, -0.1) is 0 Å². The molecular formula is C12H19N3O5S. The molecule has 1 fully saturated rings. The van der Waals surface area contributed by atoms with E-state index in [9.17, 15) is 13.2 Å². The lowest BCUT2D eigenvalue weighted by molar-refractivity contribution is -0.129. The topological polar surface area (TPSA) is 111 Å². The Hall–Kier alpha value is -1.45. The zero-order chi connectivity index (χ0) is 15.5. The third-order valence-electron chi connectivity index (χ3n) is 3.18. The molecule has 1 aromatic rings. The summed E-state index contributed by atoms with van der Waals surface area (Å²) in [6.45, 7) is 3.97. The van der Waals surface area contributed by atoms with Gasteiger partial charge in [-0.3, -0.25) is 4.79 Å². The van der Waals surface area contributed by atoms with Gasteiger partial charge < -0.3 is 14.6 Å². The minimum Gasteiger partial charge on any atom is -0.368 e. The standard InChI is InChI=1S/C12H19N3O5S/c1-8-11(9(2)20-15-8)21(17,18)14-6-5-13-12(16)10-4-3-7-19-10/h10,14H,3-7H2,1-2H3,(H,13,16). The van der Waals surface area contributed by atoms with Gasteiger partial charge in [-0.25, -0.2) is 13.1 Å². The fraction of sp³-hybridized carbons (Fsp3) is 0.667. The molecule has 2 N–H and O–H groups in total. The molecule has 1 aromatic heterocycles. The highest BCUT2D eigenvalue weighted by Crippen LogP contribution is 2.18. The number of aryl methyl sites for hydroxylation is 2. The van der Waals surface area contributed by atoms with Crippen LogP contribution >= 0.6 is 0 Å². The summed E-state index contributed by atoms with van der Waals surface area (Å²) < 4.78 is 36.7. The van der Waals surface area contributed by atoms with Gasteiger partial charge in [0.2, 0.25) is 15.9 Å². The maximum absolute atomic E-state index is 12.1. The predicted molar refractivity (Wildman–Crippen MR) is 73.1 cm³/mol. The highest BCUT2D eigenvalue weighted by atomic mass is 32.2. The van der Waals surface area contributed by atoms with Crippen LogP contribution in [0, 0.1) is 13.8 Å². The Morgan fingerprint density at radius 3 is 2.71 bits per heavy atom. The molecular weight excluding hydrogens is 298 g/mol. The first kappa shape index (κ1) is 15.9. The number of hydrogen-bond donors (Lipinski definition) is 2. The molecule has 8 nitrogen and oxygen atoms in total. The van der Waals surface area contributed by atoms with Gasteiger partial charge >= 0.3 is 0 Å². The summed E-state index contributed by atoms with van der Waals surface area (Å²) in [4.78, 5) is 11.7. The normalized spacial score (nSPS) is 18.9. The number of hydrogen-bond acceptors (Lipinski definition) is 6. The molecule has 1 amide bonds. The van der Waals surface area contributed by atoms with Crippen LogP contribution in [0.2, 0.25) is 0 Å². The van der Waals surface area contributed by atoms with Crippen LogP contribution in [0.4, 0.5) is 0 Å². The summed E-state index contributed by atoms with van der Waals surface area (Å²) in [5, 5.41) is 6.25. The van der Waals surface area contributed by atoms with Gasteiger partial charge in [0.1, 0.15) is 16.7 Å². The smallest absolute Gasteiger partial charge is 0.249 e. The maximum atomic E-state index is 12.1. The van der Waals surface area contributed by atoms with Crippen LogP contribution in [0.5, 0.6) is 0 Å². The van der Waals surface area contributed by atoms with E-state index in [0.29, 0.717) is 18.7 Å². The third kappa shape index (κ3) is 3.80. The van der Waals surface area contributed by atoms with Crippen molar-refractivity contribution in [3.8, 4) is 0 Å². The van der Waals surface area contributed by atoms with E-state index in [1.54, 1.807) is 6.92 Å². The second-order valence-corrected chi connectivity index (χ2v) is 6.55. The first-order valence-electron chi connectivity index (χ1n) is 6.73. The van der Waals surface area contributed by atoms with Crippen LogP contribution in [0.3, 0.4) is 0 Å². The number of nitrogens with zero attached hydrogens (tertiary/aromatic N) is 1. The largest absolute Gasteiger partial charge is 0.368 e. The quantitative estimate of drug-likeness (QED) is 0.707. The molecule has 0 saturated carbocycles. The highest BCUT2D eigenvalue weighted by Gasteiger charge is 2.25. The average molecular weight is 317 g/mol. The molecule has 1 aliphatic heterocycles. The van der Waals surface area contributed by atoms with Crippen molar-refractivity contribution in [1.82, 2.24) is 15.2 Å². The van der Waals surface area contributed by atoms with Crippen molar-refractivity contribution in [2.45, 2.75) is 37.7 Å². The Morgan fingerprint density at radius 1 is 1.38 bits per heavy atom. The second-order valence-electron chi connectivity index (χ2n) is 4.84. The molecule has 1 aliphatic rings. The Morgan fingerprint density at radius 2 is 2.14 bits per heavy atom. The van der Waals surface area contributed by atoms with E-state index in [2.05, 4.69) is 15.2 Å². The minimum absolute atomic E-state index is 0.0490. The van der Waals surface area contributed by atoms with E-state index in [1.807, 2.05) is 0 Å². The van der Waals surface area contributed by atoms with Gasteiger partial charge in [0, 0.05) is 19.7 Å². The average Bonchev–Trinajstić information content (AvgIpc) is 3.05. The van der Waals surface area contributed by atoms with Crippen LogP contribution < -0.4 is 10.0 Å². The zero-order valence-corrected chi connectivity index (χ0v) is 12.8. The van der Waals surface area contributed by atoms with E-state index in [4.69, 9.17) is 9.26 Å². The summed E-state index contributed by atoms with van der Waals surface area (Å²) in [5.41, 5.74) is 0.309. The van der Waals surface area contributed by atoms with Crippen LogP contribution in [0.1, 0.15) is 24.3 Å². The van der Waals surface area contributed by atoms with Crippen molar-refractivity contribution in [1.29, 1.82) is 0 Å². The SMILES string of the molecule is Cc1noc(C)c1S(=O)(=O)NCCNC(=O)C1CCCO1. The summed E-state index contributed by atoms with van der Waals surface area (Å²) in [6.07, 6.45) is 1.16. The van der Waals surface area contributed by atoms with E-state index in [0.717, 1.165) is 6.42 Å². The summed E-state index contributed by atoms with van der Waals surface area (Å²) in [7, 11) is -3.68. The molecule has 0 bridgehead atoms. The summed E-state index contributed by atoms with van der Waals surface area (Å²) >= 11 is 0. The number of carbonyl (C=O) groups is 1. The lowest BCUT2D eigenvalue weighted by Gasteiger charge is -2.11. The molecule has 0 aliphatic carbocycles. The zero-order valence-electron chi connectivity index (χ0n) is 12.0. The van der Waals surface area contributed by atoms with E-state index < -0.39 is 16.1 Å². The van der Waals surface area contributed by atoms with E-state index >= 15 is 0 Å². The summed E-state index contributed by atoms with van der Waals surface area (Å²) in [6, 6.07) is 0. The van der Waals surface area contributed by atoms with Gasteiger partial charge in [-0.2, -0.15) is 0 Å². The van der Waals surface area contributed by atoms with Crippen molar-refractivity contribution in [2.75, 3.05) is 19.7 Å². The molecule has 2 heterocycles. The molecule has 0 aromatic carbocycles. The number of amides is 1. The second kappa shape index (κ2) is 6.54. The molecule has 9 heteroatoms. The lowest BCUT2D eigenvalue weighted by Crippen LogP contribution is -2.39. The number of sulfonamides is 1. The van der Waals surface area contributed by atoms with Crippen LogP contribution in [0.25, 0.3) is 0 Å². The summed E-state index contributed by atoms with van der Waals surface area (Å²) in [5.74, 6) is 0.0347. The molecule has 1 atom stereocenters. The maximum Gasteiger partial charge on any atom is 0.249 e. The van der Waals surface area contributed by atoms with E-state index in [1.165, 1.54) is 6.92 Å². The van der Waals surface area contributed by atoms with Gasteiger partial charge in [-0.1, -0.05) is 5.16 Å². The van der Waals surface area contributed by atoms with Gasteiger partial charge in [-0.05, 0) is 26.7 Å². The Kier molecular flexibility index (Phi) is 4.96. The van der Waals surface area contributed by atoms with Crippen LogP contribution in [0.15, 0.2) is 9.42 Å². The third-order valence-corrected chi connectivity index (χ3v) is 4.88. The first-order valence-corrected chi connectivity index (χ1v) is 8.22.